The second kappa shape index (κ2) is 5.01. The van der Waals surface area contributed by atoms with Crippen molar-refractivity contribution in [1.29, 1.82) is 0 Å². The summed E-state index contributed by atoms with van der Waals surface area (Å²) in [4.78, 5) is 0.182. The van der Waals surface area contributed by atoms with E-state index in [0.29, 0.717) is 6.54 Å². The molecule has 1 heterocycles. The van der Waals surface area contributed by atoms with Gasteiger partial charge in [-0.15, -0.1) is 0 Å². The Hall–Kier alpha value is -1.69. The summed E-state index contributed by atoms with van der Waals surface area (Å²) in [5, 5.41) is 1.48. The first kappa shape index (κ1) is 13.3. The first-order chi connectivity index (χ1) is 9.56. The SMILES string of the molecule is Cc1ccc(S(=O)(=O)ON2CC2c2ccccc2)cc1. The lowest BCUT2D eigenvalue weighted by Crippen LogP contribution is -2.11. The van der Waals surface area contributed by atoms with E-state index < -0.39 is 10.1 Å². The van der Waals surface area contributed by atoms with Gasteiger partial charge in [-0.1, -0.05) is 48.0 Å². The molecule has 0 bridgehead atoms. The van der Waals surface area contributed by atoms with Gasteiger partial charge in [0.1, 0.15) is 0 Å². The summed E-state index contributed by atoms with van der Waals surface area (Å²) < 4.78 is 29.4. The molecule has 1 aliphatic heterocycles. The van der Waals surface area contributed by atoms with E-state index in [1.54, 1.807) is 24.3 Å². The van der Waals surface area contributed by atoms with Crippen molar-refractivity contribution >= 4 is 10.1 Å². The Labute approximate surface area is 118 Å². The minimum Gasteiger partial charge on any atom is -0.192 e. The second-order valence-electron chi connectivity index (χ2n) is 4.87. The van der Waals surface area contributed by atoms with E-state index in [-0.39, 0.29) is 10.9 Å². The molecule has 2 unspecified atom stereocenters. The van der Waals surface area contributed by atoms with Gasteiger partial charge in [0.2, 0.25) is 0 Å². The van der Waals surface area contributed by atoms with Gasteiger partial charge in [-0.05, 0) is 24.6 Å². The molecule has 1 aliphatic rings. The summed E-state index contributed by atoms with van der Waals surface area (Å²) in [7, 11) is -3.73. The Morgan fingerprint density at radius 1 is 1.05 bits per heavy atom. The van der Waals surface area contributed by atoms with Gasteiger partial charge in [0.05, 0.1) is 10.9 Å². The highest BCUT2D eigenvalue weighted by Gasteiger charge is 2.40. The number of hydrogen-bond acceptors (Lipinski definition) is 4. The molecular weight excluding hydrogens is 274 g/mol. The maximum atomic E-state index is 12.1. The molecule has 0 N–H and O–H groups in total. The summed E-state index contributed by atoms with van der Waals surface area (Å²) in [6.45, 7) is 2.50. The number of rotatable bonds is 4. The maximum Gasteiger partial charge on any atom is 0.313 e. The Balaban J connectivity index is 1.71. The van der Waals surface area contributed by atoms with Crippen molar-refractivity contribution in [2.24, 2.45) is 0 Å². The van der Waals surface area contributed by atoms with E-state index >= 15 is 0 Å². The van der Waals surface area contributed by atoms with Gasteiger partial charge in [-0.3, -0.25) is 0 Å². The van der Waals surface area contributed by atoms with Crippen molar-refractivity contribution in [2.75, 3.05) is 6.54 Å². The molecule has 1 saturated heterocycles. The van der Waals surface area contributed by atoms with Crippen molar-refractivity contribution in [3.63, 3.8) is 0 Å². The Kier molecular flexibility index (Phi) is 3.33. The highest BCUT2D eigenvalue weighted by molar-refractivity contribution is 7.86. The summed E-state index contributed by atoms with van der Waals surface area (Å²) in [6.07, 6.45) is 0. The van der Waals surface area contributed by atoms with Crippen LogP contribution in [-0.2, 0) is 14.4 Å². The molecule has 104 valence electrons. The predicted molar refractivity (Wildman–Crippen MR) is 75.3 cm³/mol. The fraction of sp³-hybridized carbons (Fsp3) is 0.200. The van der Waals surface area contributed by atoms with E-state index in [1.807, 2.05) is 37.3 Å². The minimum atomic E-state index is -3.73. The van der Waals surface area contributed by atoms with Crippen molar-refractivity contribution in [2.45, 2.75) is 17.9 Å². The van der Waals surface area contributed by atoms with Crippen LogP contribution in [-0.4, -0.2) is 20.0 Å². The van der Waals surface area contributed by atoms with Crippen LogP contribution in [0.15, 0.2) is 59.5 Å². The number of benzene rings is 2. The average molecular weight is 289 g/mol. The van der Waals surface area contributed by atoms with Gasteiger partial charge in [-0.25, -0.2) is 0 Å². The lowest BCUT2D eigenvalue weighted by atomic mass is 10.2. The third-order valence-corrected chi connectivity index (χ3v) is 4.49. The quantitative estimate of drug-likeness (QED) is 0.812. The summed E-state index contributed by atoms with van der Waals surface area (Å²) >= 11 is 0. The fourth-order valence-corrected chi connectivity index (χ4v) is 3.00. The second-order valence-corrected chi connectivity index (χ2v) is 6.40. The smallest absolute Gasteiger partial charge is 0.192 e. The molecule has 0 saturated carbocycles. The van der Waals surface area contributed by atoms with Gasteiger partial charge in [-0.2, -0.15) is 17.8 Å². The molecule has 2 atom stereocenters. The lowest BCUT2D eigenvalue weighted by molar-refractivity contribution is 0.0617. The molecule has 20 heavy (non-hydrogen) atoms. The number of nitrogens with zero attached hydrogens (tertiary/aromatic N) is 1. The molecule has 2 aromatic rings. The zero-order chi connectivity index (χ0) is 14.2. The van der Waals surface area contributed by atoms with E-state index in [0.717, 1.165) is 11.1 Å². The fourth-order valence-electron chi connectivity index (χ4n) is 2.03. The van der Waals surface area contributed by atoms with E-state index in [4.69, 9.17) is 4.28 Å². The van der Waals surface area contributed by atoms with Crippen LogP contribution >= 0.6 is 0 Å². The molecule has 2 aromatic carbocycles. The van der Waals surface area contributed by atoms with Crippen molar-refractivity contribution in [3.8, 4) is 0 Å². The molecular formula is C15H15NO3S. The molecule has 0 aromatic heterocycles. The zero-order valence-electron chi connectivity index (χ0n) is 11.1. The summed E-state index contributed by atoms with van der Waals surface area (Å²) in [5.74, 6) is 0. The van der Waals surface area contributed by atoms with Crippen molar-refractivity contribution < 1.29 is 12.7 Å². The first-order valence-electron chi connectivity index (χ1n) is 6.39. The van der Waals surface area contributed by atoms with Crippen LogP contribution in [0, 0.1) is 6.92 Å². The maximum absolute atomic E-state index is 12.1. The van der Waals surface area contributed by atoms with Gasteiger partial charge < -0.3 is 0 Å². The number of hydroxylamine groups is 2. The standard InChI is InChI=1S/C15H15NO3S/c1-12-7-9-14(10-8-12)20(17,18)19-16-11-15(16)13-5-3-2-4-6-13/h2-10,15H,11H2,1H3. The molecule has 5 heteroatoms. The topological polar surface area (TPSA) is 46.4 Å². The Morgan fingerprint density at radius 3 is 2.35 bits per heavy atom. The van der Waals surface area contributed by atoms with Crippen LogP contribution in [0.1, 0.15) is 17.2 Å². The van der Waals surface area contributed by atoms with Gasteiger partial charge in [0.15, 0.2) is 0 Å². The molecule has 3 rings (SSSR count). The molecule has 0 aliphatic carbocycles. The van der Waals surface area contributed by atoms with Crippen LogP contribution in [0.25, 0.3) is 0 Å². The monoisotopic (exact) mass is 289 g/mol. The summed E-state index contributed by atoms with van der Waals surface area (Å²) in [5.41, 5.74) is 2.07. The van der Waals surface area contributed by atoms with Gasteiger partial charge in [0, 0.05) is 6.54 Å². The number of aryl methyl sites for hydroxylation is 1. The Bertz CT molecular complexity index is 696. The largest absolute Gasteiger partial charge is 0.313 e. The van der Waals surface area contributed by atoms with E-state index in [2.05, 4.69) is 0 Å². The van der Waals surface area contributed by atoms with Crippen LogP contribution in [0.2, 0.25) is 0 Å². The zero-order valence-corrected chi connectivity index (χ0v) is 11.9. The average Bonchev–Trinajstić information content (AvgIpc) is 3.19. The molecule has 0 radical (unpaired) electrons. The van der Waals surface area contributed by atoms with Gasteiger partial charge in [0.25, 0.3) is 0 Å². The number of hydrogen-bond donors (Lipinski definition) is 0. The first-order valence-corrected chi connectivity index (χ1v) is 7.80. The normalized spacial score (nSPS) is 21.6. The highest BCUT2D eigenvalue weighted by atomic mass is 32.2. The third-order valence-electron chi connectivity index (χ3n) is 3.25. The third kappa shape index (κ3) is 2.75. The molecule has 0 spiro atoms. The molecule has 1 fully saturated rings. The van der Waals surface area contributed by atoms with Crippen molar-refractivity contribution in [3.05, 3.63) is 65.7 Å². The van der Waals surface area contributed by atoms with E-state index in [9.17, 15) is 8.42 Å². The van der Waals surface area contributed by atoms with Gasteiger partial charge >= 0.3 is 10.1 Å². The Morgan fingerprint density at radius 2 is 1.70 bits per heavy atom. The van der Waals surface area contributed by atoms with Crippen LogP contribution in [0.5, 0.6) is 0 Å². The minimum absolute atomic E-state index is 0.0245. The molecule has 4 nitrogen and oxygen atoms in total. The van der Waals surface area contributed by atoms with Crippen LogP contribution in [0.3, 0.4) is 0 Å². The lowest BCUT2D eigenvalue weighted by Gasteiger charge is -2.06. The molecule has 0 amide bonds. The van der Waals surface area contributed by atoms with Crippen molar-refractivity contribution in [1.82, 2.24) is 5.06 Å². The predicted octanol–water partition coefficient (Wildman–Crippen LogP) is 2.67. The van der Waals surface area contributed by atoms with Crippen LogP contribution < -0.4 is 0 Å². The van der Waals surface area contributed by atoms with Crippen LogP contribution in [0.4, 0.5) is 0 Å². The summed E-state index contributed by atoms with van der Waals surface area (Å²) in [6, 6.07) is 16.4. The van der Waals surface area contributed by atoms with E-state index in [1.165, 1.54) is 5.06 Å². The highest BCUT2D eigenvalue weighted by Crippen LogP contribution is 2.36.